The highest BCUT2D eigenvalue weighted by molar-refractivity contribution is 9.10. The molecule has 0 aliphatic carbocycles. The summed E-state index contributed by atoms with van der Waals surface area (Å²) in [6, 6.07) is 0. The van der Waals surface area contributed by atoms with Gasteiger partial charge in [-0.15, -0.1) is 0 Å². The zero-order valence-corrected chi connectivity index (χ0v) is 7.65. The van der Waals surface area contributed by atoms with Gasteiger partial charge in [-0.25, -0.2) is 9.97 Å². The van der Waals surface area contributed by atoms with E-state index in [1.165, 1.54) is 6.20 Å². The summed E-state index contributed by atoms with van der Waals surface area (Å²) in [6.45, 7) is -5.41. The monoisotopic (exact) mass is 240 g/mol. The normalized spacial score (nSPS) is 21.0. The molecule has 60 valence electrons. The SMILES string of the molecule is [2H]C([2H])([2H])C(c1nc(Cl)ncc1Br)C([2H])([2H])[2H]. The lowest BCUT2D eigenvalue weighted by Gasteiger charge is -2.05. The zero-order valence-electron chi connectivity index (χ0n) is 11.3. The van der Waals surface area contributed by atoms with Gasteiger partial charge >= 0.3 is 0 Å². The largest absolute Gasteiger partial charge is 0.225 e. The maximum atomic E-state index is 7.30. The van der Waals surface area contributed by atoms with Crippen LogP contribution >= 0.6 is 27.5 Å². The van der Waals surface area contributed by atoms with Crippen LogP contribution in [0.25, 0.3) is 0 Å². The molecule has 0 saturated heterocycles. The number of hydrogen-bond donors (Lipinski definition) is 0. The van der Waals surface area contributed by atoms with Gasteiger partial charge in [0.05, 0.1) is 10.2 Å². The molecule has 1 aromatic rings. The van der Waals surface area contributed by atoms with Crippen molar-refractivity contribution in [1.29, 1.82) is 0 Å². The highest BCUT2D eigenvalue weighted by Gasteiger charge is 2.06. The lowest BCUT2D eigenvalue weighted by atomic mass is 10.1. The Morgan fingerprint density at radius 3 is 3.09 bits per heavy atom. The molecule has 0 aliphatic rings. The van der Waals surface area contributed by atoms with E-state index in [4.69, 9.17) is 19.8 Å². The van der Waals surface area contributed by atoms with Gasteiger partial charge in [-0.05, 0) is 33.4 Å². The van der Waals surface area contributed by atoms with Crippen LogP contribution in [0.15, 0.2) is 10.7 Å². The van der Waals surface area contributed by atoms with Gasteiger partial charge in [-0.2, -0.15) is 0 Å². The van der Waals surface area contributed by atoms with Crippen LogP contribution in [0.1, 0.15) is 33.5 Å². The summed E-state index contributed by atoms with van der Waals surface area (Å²) in [5, 5.41) is -0.193. The first-order valence-corrected chi connectivity index (χ1v) is 3.88. The van der Waals surface area contributed by atoms with E-state index in [-0.39, 0.29) is 15.5 Å². The highest BCUT2D eigenvalue weighted by Crippen LogP contribution is 2.22. The van der Waals surface area contributed by atoms with E-state index in [0.29, 0.717) is 0 Å². The molecular formula is C7H8BrClN2. The number of nitrogens with zero attached hydrogens (tertiary/aromatic N) is 2. The van der Waals surface area contributed by atoms with Crippen molar-refractivity contribution in [3.8, 4) is 0 Å². The van der Waals surface area contributed by atoms with Gasteiger partial charge in [-0.1, -0.05) is 13.7 Å². The standard InChI is InChI=1S/C7H8BrClN2/c1-4(2)6-5(8)3-10-7(9)11-6/h3-4H,1-2H3/i1D3,2D3. The van der Waals surface area contributed by atoms with Crippen molar-refractivity contribution in [2.45, 2.75) is 19.6 Å². The third-order valence-corrected chi connectivity index (χ3v) is 1.81. The lowest BCUT2D eigenvalue weighted by molar-refractivity contribution is 0.806. The Hall–Kier alpha value is -0.150. The molecule has 0 fully saturated rings. The zero-order chi connectivity index (χ0) is 13.4. The Labute approximate surface area is 87.6 Å². The van der Waals surface area contributed by atoms with E-state index in [9.17, 15) is 0 Å². The molecule has 4 heteroatoms. The number of aromatic nitrogens is 2. The van der Waals surface area contributed by atoms with Crippen LogP contribution in [0.5, 0.6) is 0 Å². The van der Waals surface area contributed by atoms with Gasteiger partial charge in [0.25, 0.3) is 0 Å². The second-order valence-corrected chi connectivity index (χ2v) is 3.00. The second-order valence-electron chi connectivity index (χ2n) is 1.81. The van der Waals surface area contributed by atoms with Crippen molar-refractivity contribution in [1.82, 2.24) is 9.97 Å². The fourth-order valence-corrected chi connectivity index (χ4v) is 1.12. The Bertz CT molecular complexity index is 404. The molecule has 1 rings (SSSR count). The van der Waals surface area contributed by atoms with Crippen LogP contribution in [-0.2, 0) is 0 Å². The molecule has 0 bridgehead atoms. The van der Waals surface area contributed by atoms with Gasteiger partial charge in [-0.3, -0.25) is 0 Å². The quantitative estimate of drug-likeness (QED) is 0.707. The van der Waals surface area contributed by atoms with E-state index in [2.05, 4.69) is 25.9 Å². The summed E-state index contributed by atoms with van der Waals surface area (Å²) < 4.78 is 44.0. The minimum Gasteiger partial charge on any atom is -0.225 e. The molecule has 0 saturated carbocycles. The third kappa shape index (κ3) is 2.14. The van der Waals surface area contributed by atoms with E-state index >= 15 is 0 Å². The molecule has 0 unspecified atom stereocenters. The average Bonchev–Trinajstić information content (AvgIpc) is 2.06. The Morgan fingerprint density at radius 1 is 1.73 bits per heavy atom. The summed E-state index contributed by atoms with van der Waals surface area (Å²) in [5.74, 6) is -1.70. The molecule has 0 atom stereocenters. The summed E-state index contributed by atoms with van der Waals surface area (Å²) in [4.78, 5) is 7.32. The van der Waals surface area contributed by atoms with E-state index < -0.39 is 19.6 Å². The van der Waals surface area contributed by atoms with Crippen molar-refractivity contribution in [3.63, 3.8) is 0 Å². The van der Waals surface area contributed by atoms with Crippen LogP contribution in [0.4, 0.5) is 0 Å². The Balaban J connectivity index is 3.38. The second kappa shape index (κ2) is 3.50. The highest BCUT2D eigenvalue weighted by atomic mass is 79.9. The van der Waals surface area contributed by atoms with E-state index in [1.54, 1.807) is 0 Å². The number of halogens is 2. The van der Waals surface area contributed by atoms with Gasteiger partial charge in [0, 0.05) is 14.4 Å². The van der Waals surface area contributed by atoms with Crippen molar-refractivity contribution in [2.24, 2.45) is 0 Å². The van der Waals surface area contributed by atoms with Crippen LogP contribution in [0.3, 0.4) is 0 Å². The van der Waals surface area contributed by atoms with Crippen LogP contribution < -0.4 is 0 Å². The molecule has 1 heterocycles. The predicted octanol–water partition coefficient (Wildman–Crippen LogP) is 3.02. The molecule has 1 aromatic heterocycles. The Morgan fingerprint density at radius 2 is 2.45 bits per heavy atom. The minimum absolute atomic E-state index is 0.134. The molecular weight excluding hydrogens is 227 g/mol. The maximum Gasteiger partial charge on any atom is 0.222 e. The van der Waals surface area contributed by atoms with Gasteiger partial charge < -0.3 is 0 Å². The first-order chi connectivity index (χ1) is 7.53. The number of rotatable bonds is 1. The third-order valence-electron chi connectivity index (χ3n) is 1.02. The average molecular weight is 242 g/mol. The molecule has 2 nitrogen and oxygen atoms in total. The van der Waals surface area contributed by atoms with Crippen molar-refractivity contribution < 1.29 is 8.22 Å². The van der Waals surface area contributed by atoms with Crippen molar-refractivity contribution in [3.05, 3.63) is 21.6 Å². The predicted molar refractivity (Wildman–Crippen MR) is 48.8 cm³/mol. The fourth-order valence-electron chi connectivity index (χ4n) is 0.560. The number of hydrogen-bond acceptors (Lipinski definition) is 2. The molecule has 0 aromatic carbocycles. The summed E-state index contributed by atoms with van der Waals surface area (Å²) >= 11 is 8.58. The Kier molecular flexibility index (Phi) is 1.18. The molecule has 0 N–H and O–H groups in total. The van der Waals surface area contributed by atoms with Crippen molar-refractivity contribution >= 4 is 27.5 Å². The molecule has 0 radical (unpaired) electrons. The van der Waals surface area contributed by atoms with Crippen molar-refractivity contribution in [2.75, 3.05) is 0 Å². The molecule has 0 amide bonds. The molecule has 11 heavy (non-hydrogen) atoms. The van der Waals surface area contributed by atoms with Gasteiger partial charge in [0.2, 0.25) is 5.28 Å². The van der Waals surface area contributed by atoms with Crippen LogP contribution in [-0.4, -0.2) is 9.97 Å². The molecule has 0 spiro atoms. The minimum atomic E-state index is -2.70. The first kappa shape index (κ1) is 3.71. The van der Waals surface area contributed by atoms with E-state index in [0.717, 1.165) is 0 Å². The molecule has 0 aliphatic heterocycles. The smallest absolute Gasteiger partial charge is 0.222 e. The van der Waals surface area contributed by atoms with Crippen LogP contribution in [0, 0.1) is 0 Å². The summed E-state index contributed by atoms with van der Waals surface area (Å²) in [7, 11) is 0. The first-order valence-electron chi connectivity index (χ1n) is 5.71. The summed E-state index contributed by atoms with van der Waals surface area (Å²) in [6.07, 6.45) is 1.23. The maximum absolute atomic E-state index is 7.30. The van der Waals surface area contributed by atoms with Crippen LogP contribution in [0.2, 0.25) is 5.28 Å². The summed E-state index contributed by atoms with van der Waals surface area (Å²) in [5.41, 5.74) is -0.134. The van der Waals surface area contributed by atoms with Gasteiger partial charge in [0.1, 0.15) is 0 Å². The lowest BCUT2D eigenvalue weighted by Crippen LogP contribution is -1.95. The topological polar surface area (TPSA) is 25.8 Å². The fraction of sp³-hybridized carbons (Fsp3) is 0.429. The van der Waals surface area contributed by atoms with Gasteiger partial charge in [0.15, 0.2) is 0 Å². The van der Waals surface area contributed by atoms with E-state index in [1.807, 2.05) is 0 Å².